The number of hydrogen-bond donors (Lipinski definition) is 1. The van der Waals surface area contributed by atoms with E-state index < -0.39 is 5.97 Å². The lowest BCUT2D eigenvalue weighted by Gasteiger charge is -2.08. The topological polar surface area (TPSA) is 94.3 Å². The Bertz CT molecular complexity index is 651. The van der Waals surface area contributed by atoms with Crippen LogP contribution in [0.5, 0.6) is 0 Å². The molecule has 0 saturated heterocycles. The Labute approximate surface area is 121 Å². The predicted octanol–water partition coefficient (Wildman–Crippen LogP) is 1.13. The van der Waals surface area contributed by atoms with Gasteiger partial charge in [-0.2, -0.15) is 0 Å². The molecule has 0 amide bonds. The van der Waals surface area contributed by atoms with Gasteiger partial charge in [0.25, 0.3) is 0 Å². The van der Waals surface area contributed by atoms with E-state index in [0.717, 1.165) is 0 Å². The van der Waals surface area contributed by atoms with Gasteiger partial charge in [-0.05, 0) is 18.6 Å². The van der Waals surface area contributed by atoms with Crippen molar-refractivity contribution in [2.75, 3.05) is 6.61 Å². The van der Waals surface area contributed by atoms with E-state index in [9.17, 15) is 9.59 Å². The van der Waals surface area contributed by atoms with Crippen LogP contribution in [0, 0.1) is 0 Å². The number of aromatic carboxylic acids is 1. The van der Waals surface area contributed by atoms with Crippen molar-refractivity contribution in [2.24, 2.45) is 0 Å². The van der Waals surface area contributed by atoms with Crippen LogP contribution in [0.4, 0.5) is 0 Å². The zero-order valence-corrected chi connectivity index (χ0v) is 11.5. The number of carboxylic acids is 1. The van der Waals surface area contributed by atoms with Crippen molar-refractivity contribution >= 4 is 11.9 Å². The van der Waals surface area contributed by atoms with Crippen molar-refractivity contribution in [3.8, 4) is 0 Å². The van der Waals surface area contributed by atoms with E-state index in [1.165, 1.54) is 16.9 Å². The van der Waals surface area contributed by atoms with Gasteiger partial charge in [-0.1, -0.05) is 23.4 Å². The summed E-state index contributed by atoms with van der Waals surface area (Å²) in [5.41, 5.74) is 1.38. The number of benzene rings is 1. The second-order valence-electron chi connectivity index (χ2n) is 4.33. The number of esters is 1. The number of rotatable bonds is 6. The average Bonchev–Trinajstić information content (AvgIpc) is 2.86. The lowest BCUT2D eigenvalue weighted by Crippen LogP contribution is -2.14. The summed E-state index contributed by atoms with van der Waals surface area (Å²) < 4.78 is 6.38. The molecule has 0 aliphatic rings. The molecule has 1 heterocycles. The van der Waals surface area contributed by atoms with Crippen LogP contribution in [0.15, 0.2) is 30.5 Å². The third-order valence-corrected chi connectivity index (χ3v) is 2.90. The van der Waals surface area contributed by atoms with Gasteiger partial charge in [0.1, 0.15) is 0 Å². The van der Waals surface area contributed by atoms with Gasteiger partial charge in [-0.25, -0.2) is 9.48 Å². The minimum absolute atomic E-state index is 0.0517. The normalized spacial score (nSPS) is 10.3. The van der Waals surface area contributed by atoms with E-state index in [1.807, 2.05) is 0 Å². The summed E-state index contributed by atoms with van der Waals surface area (Å²) >= 11 is 0. The summed E-state index contributed by atoms with van der Waals surface area (Å²) in [4.78, 5) is 22.7. The average molecular weight is 289 g/mol. The second kappa shape index (κ2) is 6.65. The van der Waals surface area contributed by atoms with Crippen LogP contribution in [-0.2, 0) is 22.5 Å². The van der Waals surface area contributed by atoms with Crippen LogP contribution in [0.25, 0.3) is 0 Å². The molecule has 7 nitrogen and oxygen atoms in total. The number of carbonyl (C=O) groups is 2. The molecule has 21 heavy (non-hydrogen) atoms. The highest BCUT2D eigenvalue weighted by molar-refractivity contribution is 5.89. The second-order valence-corrected chi connectivity index (χ2v) is 4.33. The lowest BCUT2D eigenvalue weighted by atomic mass is 10.1. The lowest BCUT2D eigenvalue weighted by molar-refractivity contribution is -0.142. The first-order valence-corrected chi connectivity index (χ1v) is 6.46. The van der Waals surface area contributed by atoms with Crippen molar-refractivity contribution in [3.05, 3.63) is 47.3 Å². The molecule has 0 radical (unpaired) electrons. The maximum absolute atomic E-state index is 11.5. The summed E-state index contributed by atoms with van der Waals surface area (Å²) in [5, 5.41) is 16.8. The molecular weight excluding hydrogens is 274 g/mol. The Morgan fingerprint density at radius 3 is 2.81 bits per heavy atom. The van der Waals surface area contributed by atoms with Crippen molar-refractivity contribution < 1.29 is 19.4 Å². The van der Waals surface area contributed by atoms with Crippen molar-refractivity contribution in [1.29, 1.82) is 0 Å². The van der Waals surface area contributed by atoms with Crippen molar-refractivity contribution in [1.82, 2.24) is 15.0 Å². The number of nitrogens with zero attached hydrogens (tertiary/aromatic N) is 3. The fourth-order valence-electron chi connectivity index (χ4n) is 1.94. The summed E-state index contributed by atoms with van der Waals surface area (Å²) in [5.74, 6) is -1.37. The van der Waals surface area contributed by atoms with E-state index in [1.54, 1.807) is 25.1 Å². The highest BCUT2D eigenvalue weighted by atomic mass is 16.5. The molecule has 2 rings (SSSR count). The summed E-state index contributed by atoms with van der Waals surface area (Å²) in [6.45, 7) is 2.27. The molecule has 0 spiro atoms. The molecule has 0 atom stereocenters. The van der Waals surface area contributed by atoms with Gasteiger partial charge in [0.15, 0.2) is 0 Å². The van der Waals surface area contributed by atoms with E-state index in [0.29, 0.717) is 17.9 Å². The predicted molar refractivity (Wildman–Crippen MR) is 72.9 cm³/mol. The molecule has 1 aromatic carbocycles. The highest BCUT2D eigenvalue weighted by Gasteiger charge is 2.14. The fourth-order valence-corrected chi connectivity index (χ4v) is 1.94. The van der Waals surface area contributed by atoms with Crippen LogP contribution < -0.4 is 0 Å². The van der Waals surface area contributed by atoms with Crippen molar-refractivity contribution in [3.63, 3.8) is 0 Å². The molecule has 110 valence electrons. The van der Waals surface area contributed by atoms with Gasteiger partial charge in [0, 0.05) is 0 Å². The van der Waals surface area contributed by atoms with Gasteiger partial charge in [-0.15, -0.1) is 5.10 Å². The van der Waals surface area contributed by atoms with Gasteiger partial charge in [0.2, 0.25) is 0 Å². The van der Waals surface area contributed by atoms with Gasteiger partial charge >= 0.3 is 11.9 Å². The quantitative estimate of drug-likeness (QED) is 0.801. The maximum atomic E-state index is 11.5. The Kier molecular flexibility index (Phi) is 4.65. The third-order valence-electron chi connectivity index (χ3n) is 2.90. The van der Waals surface area contributed by atoms with Crippen LogP contribution in [0.1, 0.15) is 28.5 Å². The molecule has 7 heteroatoms. The molecule has 0 fully saturated rings. The molecule has 0 unspecified atom stereocenters. The standard InChI is InChI=1S/C14H15N3O4/c1-2-21-13(18)7-11-8-15-16-17(11)9-10-5-3-4-6-12(10)14(19)20/h3-6,8H,2,7,9H2,1H3,(H,19,20). The zero-order chi connectivity index (χ0) is 15.2. The van der Waals surface area contributed by atoms with E-state index in [4.69, 9.17) is 9.84 Å². The Hall–Kier alpha value is -2.70. The summed E-state index contributed by atoms with van der Waals surface area (Å²) in [6, 6.07) is 6.65. The Morgan fingerprint density at radius 2 is 2.10 bits per heavy atom. The maximum Gasteiger partial charge on any atom is 0.336 e. The highest BCUT2D eigenvalue weighted by Crippen LogP contribution is 2.12. The van der Waals surface area contributed by atoms with E-state index in [2.05, 4.69) is 10.3 Å². The van der Waals surface area contributed by atoms with Crippen LogP contribution in [0.3, 0.4) is 0 Å². The number of carboxylic acid groups (broad SMARTS) is 1. The molecule has 1 N–H and O–H groups in total. The minimum Gasteiger partial charge on any atom is -0.478 e. The van der Waals surface area contributed by atoms with E-state index in [-0.39, 0.29) is 24.5 Å². The molecule has 1 aromatic heterocycles. The Morgan fingerprint density at radius 1 is 1.33 bits per heavy atom. The molecule has 2 aromatic rings. The zero-order valence-electron chi connectivity index (χ0n) is 11.5. The minimum atomic E-state index is -1.00. The van der Waals surface area contributed by atoms with Crippen LogP contribution in [0.2, 0.25) is 0 Å². The van der Waals surface area contributed by atoms with Crippen LogP contribution >= 0.6 is 0 Å². The summed E-state index contributed by atoms with van der Waals surface area (Å²) in [6.07, 6.45) is 1.52. The first kappa shape index (κ1) is 14.7. The van der Waals surface area contributed by atoms with Gasteiger partial charge < -0.3 is 9.84 Å². The SMILES string of the molecule is CCOC(=O)Cc1cnnn1Cc1ccccc1C(=O)O. The monoisotopic (exact) mass is 289 g/mol. The number of ether oxygens (including phenoxy) is 1. The fraction of sp³-hybridized carbons (Fsp3) is 0.286. The Balaban J connectivity index is 2.20. The third kappa shape index (κ3) is 3.65. The summed E-state index contributed by atoms with van der Waals surface area (Å²) in [7, 11) is 0. The molecule has 0 aliphatic heterocycles. The van der Waals surface area contributed by atoms with Crippen LogP contribution in [-0.4, -0.2) is 38.6 Å². The first-order chi connectivity index (χ1) is 10.1. The molecule has 0 aliphatic carbocycles. The number of aromatic nitrogens is 3. The first-order valence-electron chi connectivity index (χ1n) is 6.46. The number of carbonyl (C=O) groups excluding carboxylic acids is 1. The molecule has 0 saturated carbocycles. The van der Waals surface area contributed by atoms with Gasteiger partial charge in [0.05, 0.1) is 37.0 Å². The smallest absolute Gasteiger partial charge is 0.336 e. The largest absolute Gasteiger partial charge is 0.478 e. The van der Waals surface area contributed by atoms with E-state index >= 15 is 0 Å². The van der Waals surface area contributed by atoms with Gasteiger partial charge in [-0.3, -0.25) is 4.79 Å². The molecular formula is C14H15N3O4. The number of hydrogen-bond acceptors (Lipinski definition) is 5. The van der Waals surface area contributed by atoms with Crippen molar-refractivity contribution in [2.45, 2.75) is 19.9 Å². The molecule has 0 bridgehead atoms.